The van der Waals surface area contributed by atoms with Gasteiger partial charge in [-0.2, -0.15) is 0 Å². The minimum absolute atomic E-state index is 0.293. The predicted octanol–water partition coefficient (Wildman–Crippen LogP) is 4.10. The van der Waals surface area contributed by atoms with Crippen molar-refractivity contribution in [1.82, 2.24) is 4.90 Å². The molecule has 0 amide bonds. The highest BCUT2D eigenvalue weighted by Gasteiger charge is 2.28. The van der Waals surface area contributed by atoms with Gasteiger partial charge in [-0.05, 0) is 80.1 Å². The van der Waals surface area contributed by atoms with Crippen LogP contribution >= 0.6 is 11.6 Å². The maximum Gasteiger partial charge on any atom is 0.124 e. The lowest BCUT2D eigenvalue weighted by atomic mass is 10.0. The van der Waals surface area contributed by atoms with Crippen molar-refractivity contribution in [3.8, 4) is 5.75 Å². The molecule has 1 unspecified atom stereocenters. The van der Waals surface area contributed by atoms with Crippen LogP contribution in [0.3, 0.4) is 0 Å². The number of nitrogens with zero attached hydrogens (tertiary/aromatic N) is 1. The molecule has 1 saturated heterocycles. The maximum atomic E-state index is 9.66. The van der Waals surface area contributed by atoms with Gasteiger partial charge >= 0.3 is 0 Å². The van der Waals surface area contributed by atoms with Crippen LogP contribution in [0.5, 0.6) is 5.75 Å². The fourth-order valence-electron chi connectivity index (χ4n) is 3.82. The summed E-state index contributed by atoms with van der Waals surface area (Å²) < 4.78 is 6.12. The first-order valence-electron chi connectivity index (χ1n) is 9.87. The minimum Gasteiger partial charge on any atom is -0.488 e. The molecular formula is C22H27ClN2O2. The topological polar surface area (TPSA) is 44.7 Å². The molecule has 0 radical (unpaired) electrons. The fourth-order valence-corrected chi connectivity index (χ4v) is 3.95. The summed E-state index contributed by atoms with van der Waals surface area (Å²) in [5.74, 6) is 0.944. The molecule has 2 aromatic rings. The number of likely N-dealkylation sites (tertiary alicyclic amines) is 1. The van der Waals surface area contributed by atoms with Crippen LogP contribution in [0.15, 0.2) is 42.5 Å². The number of rotatable bonds is 7. The number of unbranched alkanes of at least 4 members (excludes halogenated alkanes) is 1. The van der Waals surface area contributed by atoms with E-state index in [0.717, 1.165) is 55.4 Å². The summed E-state index contributed by atoms with van der Waals surface area (Å²) in [6.07, 6.45) is 5.04. The standard InChI is InChI=1S/C22H27ClN2O2/c23-18-7-4-16(5-8-18)3-1-2-12-25-14-20(15-25)27-19-9-10-21-17(13-19)6-11-22(26)24-21/h4-5,7-10,13,20,22,24,26H,1-3,6,11-12,14-15H2. The molecule has 0 aromatic heterocycles. The van der Waals surface area contributed by atoms with Gasteiger partial charge in [-0.25, -0.2) is 0 Å². The van der Waals surface area contributed by atoms with E-state index in [9.17, 15) is 5.11 Å². The summed E-state index contributed by atoms with van der Waals surface area (Å²) in [6, 6.07) is 14.3. The van der Waals surface area contributed by atoms with Gasteiger partial charge in [-0.1, -0.05) is 23.7 Å². The Morgan fingerprint density at radius 1 is 1.11 bits per heavy atom. The second kappa shape index (κ2) is 8.51. The first kappa shape index (κ1) is 18.6. The number of benzene rings is 2. The Labute approximate surface area is 166 Å². The van der Waals surface area contributed by atoms with Crippen LogP contribution in [-0.2, 0) is 12.8 Å². The molecule has 2 aromatic carbocycles. The van der Waals surface area contributed by atoms with Crippen LogP contribution in [0.4, 0.5) is 5.69 Å². The lowest BCUT2D eigenvalue weighted by Gasteiger charge is -2.39. The zero-order chi connectivity index (χ0) is 18.6. The summed E-state index contributed by atoms with van der Waals surface area (Å²) in [5, 5.41) is 13.6. The predicted molar refractivity (Wildman–Crippen MR) is 110 cm³/mol. The molecule has 5 heteroatoms. The highest BCUT2D eigenvalue weighted by molar-refractivity contribution is 6.30. The van der Waals surface area contributed by atoms with E-state index in [0.29, 0.717) is 6.10 Å². The van der Waals surface area contributed by atoms with Crippen LogP contribution in [0.25, 0.3) is 0 Å². The van der Waals surface area contributed by atoms with Gasteiger partial charge in [0.25, 0.3) is 0 Å². The monoisotopic (exact) mass is 386 g/mol. The van der Waals surface area contributed by atoms with E-state index in [1.54, 1.807) is 0 Å². The highest BCUT2D eigenvalue weighted by atomic mass is 35.5. The summed E-state index contributed by atoms with van der Waals surface area (Å²) >= 11 is 5.92. The second-order valence-corrected chi connectivity index (χ2v) is 8.04. The number of hydrogen-bond acceptors (Lipinski definition) is 4. The first-order valence-corrected chi connectivity index (χ1v) is 10.2. The van der Waals surface area contributed by atoms with E-state index < -0.39 is 6.23 Å². The Morgan fingerprint density at radius 3 is 2.74 bits per heavy atom. The van der Waals surface area contributed by atoms with Crippen LogP contribution < -0.4 is 10.1 Å². The van der Waals surface area contributed by atoms with Crippen LogP contribution in [0, 0.1) is 0 Å². The lowest BCUT2D eigenvalue weighted by Crippen LogP contribution is -2.53. The lowest BCUT2D eigenvalue weighted by molar-refractivity contribution is 0.0191. The highest BCUT2D eigenvalue weighted by Crippen LogP contribution is 2.29. The number of fused-ring (bicyclic) bond motifs is 1. The number of aliphatic hydroxyl groups excluding tert-OH is 1. The van der Waals surface area contributed by atoms with Crippen molar-refractivity contribution in [2.75, 3.05) is 25.0 Å². The van der Waals surface area contributed by atoms with Crippen molar-refractivity contribution in [3.05, 3.63) is 58.6 Å². The quantitative estimate of drug-likeness (QED) is 0.703. The summed E-state index contributed by atoms with van der Waals surface area (Å²) in [4.78, 5) is 2.46. The maximum absolute atomic E-state index is 9.66. The summed E-state index contributed by atoms with van der Waals surface area (Å²) in [5.41, 5.74) is 3.62. The number of nitrogens with one attached hydrogen (secondary N) is 1. The third kappa shape index (κ3) is 4.95. The average molecular weight is 387 g/mol. The molecule has 0 spiro atoms. The van der Waals surface area contributed by atoms with E-state index in [1.807, 2.05) is 24.3 Å². The smallest absolute Gasteiger partial charge is 0.124 e. The summed E-state index contributed by atoms with van der Waals surface area (Å²) in [6.45, 7) is 3.16. The first-order chi connectivity index (χ1) is 13.2. The average Bonchev–Trinajstić information content (AvgIpc) is 2.64. The van der Waals surface area contributed by atoms with Crippen LogP contribution in [-0.4, -0.2) is 42.0 Å². The Bertz CT molecular complexity index is 759. The van der Waals surface area contributed by atoms with Crippen molar-refractivity contribution in [1.29, 1.82) is 0 Å². The molecule has 2 N–H and O–H groups in total. The Balaban J connectivity index is 1.14. The second-order valence-electron chi connectivity index (χ2n) is 7.60. The van der Waals surface area contributed by atoms with Gasteiger partial charge < -0.3 is 15.2 Å². The van der Waals surface area contributed by atoms with Gasteiger partial charge in [0, 0.05) is 23.8 Å². The molecule has 0 bridgehead atoms. The number of halogens is 1. The molecule has 4 rings (SSSR count). The third-order valence-corrected chi connectivity index (χ3v) is 5.67. The zero-order valence-electron chi connectivity index (χ0n) is 15.5. The molecule has 1 atom stereocenters. The zero-order valence-corrected chi connectivity index (χ0v) is 16.3. The molecule has 144 valence electrons. The molecule has 0 saturated carbocycles. The number of ether oxygens (including phenoxy) is 1. The normalized spacial score (nSPS) is 19.9. The molecule has 1 fully saturated rings. The number of hydrogen-bond donors (Lipinski definition) is 2. The summed E-state index contributed by atoms with van der Waals surface area (Å²) in [7, 11) is 0. The number of anilines is 1. The van der Waals surface area contributed by atoms with Crippen LogP contribution in [0.2, 0.25) is 5.02 Å². The van der Waals surface area contributed by atoms with Crippen LogP contribution in [0.1, 0.15) is 30.4 Å². The Kier molecular flexibility index (Phi) is 5.86. The third-order valence-electron chi connectivity index (χ3n) is 5.42. The van der Waals surface area contributed by atoms with E-state index in [-0.39, 0.29) is 0 Å². The van der Waals surface area contributed by atoms with Crippen molar-refractivity contribution in [3.63, 3.8) is 0 Å². The molecular weight excluding hydrogens is 360 g/mol. The van der Waals surface area contributed by atoms with Gasteiger partial charge in [-0.3, -0.25) is 4.90 Å². The molecule has 0 aliphatic carbocycles. The molecule has 4 nitrogen and oxygen atoms in total. The van der Waals surface area contributed by atoms with Gasteiger partial charge in [-0.15, -0.1) is 0 Å². The van der Waals surface area contributed by atoms with Gasteiger partial charge in [0.15, 0.2) is 0 Å². The molecule has 2 aliphatic heterocycles. The number of aliphatic hydroxyl groups is 1. The van der Waals surface area contributed by atoms with Crippen molar-refractivity contribution in [2.45, 2.75) is 44.4 Å². The van der Waals surface area contributed by atoms with Crippen molar-refractivity contribution < 1.29 is 9.84 Å². The van der Waals surface area contributed by atoms with Gasteiger partial charge in [0.05, 0.1) is 0 Å². The fraction of sp³-hybridized carbons (Fsp3) is 0.455. The Hall–Kier alpha value is -1.75. The van der Waals surface area contributed by atoms with Crippen molar-refractivity contribution in [2.24, 2.45) is 0 Å². The minimum atomic E-state index is -0.427. The molecule has 2 heterocycles. The molecule has 27 heavy (non-hydrogen) atoms. The Morgan fingerprint density at radius 2 is 1.93 bits per heavy atom. The van der Waals surface area contributed by atoms with E-state index in [1.165, 1.54) is 24.0 Å². The van der Waals surface area contributed by atoms with Crippen molar-refractivity contribution >= 4 is 17.3 Å². The van der Waals surface area contributed by atoms with E-state index in [4.69, 9.17) is 16.3 Å². The largest absolute Gasteiger partial charge is 0.488 e. The molecule has 2 aliphatic rings. The van der Waals surface area contributed by atoms with Gasteiger partial charge in [0.2, 0.25) is 0 Å². The van der Waals surface area contributed by atoms with E-state index in [2.05, 4.69) is 28.4 Å². The van der Waals surface area contributed by atoms with Gasteiger partial charge in [0.1, 0.15) is 18.1 Å². The van der Waals surface area contributed by atoms with E-state index >= 15 is 0 Å². The number of aryl methyl sites for hydroxylation is 2. The SMILES string of the molecule is OC1CCc2cc(OC3CN(CCCCc4ccc(Cl)cc4)C3)ccc2N1.